The van der Waals surface area contributed by atoms with Gasteiger partial charge in [-0.25, -0.2) is 0 Å². The van der Waals surface area contributed by atoms with Crippen molar-refractivity contribution in [1.29, 1.82) is 0 Å². The summed E-state index contributed by atoms with van der Waals surface area (Å²) in [6.07, 6.45) is 1.06. The van der Waals surface area contributed by atoms with Gasteiger partial charge in [-0.2, -0.15) is 0 Å². The summed E-state index contributed by atoms with van der Waals surface area (Å²) in [5, 5.41) is 0. The molecule has 0 amide bonds. The van der Waals surface area contributed by atoms with E-state index in [-0.39, 0.29) is 0 Å². The highest BCUT2D eigenvalue weighted by molar-refractivity contribution is 5.28. The Labute approximate surface area is 145 Å². The molecule has 2 aromatic rings. The van der Waals surface area contributed by atoms with Crippen LogP contribution in [-0.2, 0) is 13.0 Å². The molecule has 128 valence electrons. The second kappa shape index (κ2) is 8.86. The molecule has 0 bridgehead atoms. The summed E-state index contributed by atoms with van der Waals surface area (Å²) in [5.74, 6) is 0.997. The molecule has 0 aromatic heterocycles. The zero-order valence-corrected chi connectivity index (χ0v) is 14.7. The minimum absolute atomic E-state index is 0.770. The lowest BCUT2D eigenvalue weighted by Gasteiger charge is -2.34. The molecule has 1 fully saturated rings. The SMILES string of the molecule is CCc1cccc(OCCN2CCN(Cc3ccccc3)CC2)c1. The van der Waals surface area contributed by atoms with Gasteiger partial charge in [-0.05, 0) is 29.7 Å². The normalized spacial score (nSPS) is 16.2. The van der Waals surface area contributed by atoms with Crippen molar-refractivity contribution in [2.24, 2.45) is 0 Å². The molecule has 24 heavy (non-hydrogen) atoms. The van der Waals surface area contributed by atoms with Crippen molar-refractivity contribution >= 4 is 0 Å². The first-order valence-electron chi connectivity index (χ1n) is 9.04. The Hall–Kier alpha value is -1.84. The van der Waals surface area contributed by atoms with E-state index in [2.05, 4.69) is 71.3 Å². The zero-order chi connectivity index (χ0) is 16.6. The van der Waals surface area contributed by atoms with Crippen LogP contribution >= 0.6 is 0 Å². The van der Waals surface area contributed by atoms with Gasteiger partial charge in [0.1, 0.15) is 12.4 Å². The molecular formula is C21H28N2O. The minimum atomic E-state index is 0.770. The maximum Gasteiger partial charge on any atom is 0.119 e. The predicted octanol–water partition coefficient (Wildman–Crippen LogP) is 3.45. The number of hydrogen-bond donors (Lipinski definition) is 0. The molecule has 3 heteroatoms. The van der Waals surface area contributed by atoms with Crippen LogP contribution in [0.5, 0.6) is 5.75 Å². The van der Waals surface area contributed by atoms with Crippen LogP contribution in [0.2, 0.25) is 0 Å². The van der Waals surface area contributed by atoms with Crippen LogP contribution in [0.15, 0.2) is 54.6 Å². The van der Waals surface area contributed by atoms with Crippen LogP contribution in [0.1, 0.15) is 18.1 Å². The summed E-state index contributed by atoms with van der Waals surface area (Å²) in [5.41, 5.74) is 2.74. The van der Waals surface area contributed by atoms with Gasteiger partial charge in [0.25, 0.3) is 0 Å². The smallest absolute Gasteiger partial charge is 0.119 e. The Morgan fingerprint density at radius 3 is 2.29 bits per heavy atom. The number of benzene rings is 2. The molecule has 1 aliphatic rings. The first-order chi connectivity index (χ1) is 11.8. The fourth-order valence-corrected chi connectivity index (χ4v) is 3.16. The first kappa shape index (κ1) is 17.0. The number of ether oxygens (including phenoxy) is 1. The van der Waals surface area contributed by atoms with Gasteiger partial charge < -0.3 is 4.74 Å². The third-order valence-electron chi connectivity index (χ3n) is 4.70. The van der Waals surface area contributed by atoms with Crippen molar-refractivity contribution in [3.05, 3.63) is 65.7 Å². The summed E-state index contributed by atoms with van der Waals surface area (Å²) >= 11 is 0. The fourth-order valence-electron chi connectivity index (χ4n) is 3.16. The van der Waals surface area contributed by atoms with Gasteiger partial charge in [-0.1, -0.05) is 49.4 Å². The Morgan fingerprint density at radius 1 is 0.833 bits per heavy atom. The van der Waals surface area contributed by atoms with Gasteiger partial charge in [-0.15, -0.1) is 0 Å². The number of aryl methyl sites for hydroxylation is 1. The monoisotopic (exact) mass is 324 g/mol. The molecule has 0 radical (unpaired) electrons. The summed E-state index contributed by atoms with van der Waals surface area (Å²) < 4.78 is 5.92. The Balaban J connectivity index is 1.36. The maximum atomic E-state index is 5.92. The van der Waals surface area contributed by atoms with Crippen molar-refractivity contribution < 1.29 is 4.74 Å². The number of nitrogens with zero attached hydrogens (tertiary/aromatic N) is 2. The van der Waals surface area contributed by atoms with Gasteiger partial charge in [0.15, 0.2) is 0 Å². The Kier molecular flexibility index (Phi) is 6.27. The zero-order valence-electron chi connectivity index (χ0n) is 14.7. The van der Waals surface area contributed by atoms with Gasteiger partial charge in [0.2, 0.25) is 0 Å². The van der Waals surface area contributed by atoms with E-state index in [0.29, 0.717) is 0 Å². The van der Waals surface area contributed by atoms with E-state index in [0.717, 1.165) is 58.0 Å². The Bertz CT molecular complexity index is 606. The molecule has 1 heterocycles. The lowest BCUT2D eigenvalue weighted by atomic mass is 10.2. The molecule has 0 N–H and O–H groups in total. The quantitative estimate of drug-likeness (QED) is 0.776. The third-order valence-corrected chi connectivity index (χ3v) is 4.70. The van der Waals surface area contributed by atoms with E-state index in [1.165, 1.54) is 11.1 Å². The molecule has 2 aromatic carbocycles. The molecule has 3 nitrogen and oxygen atoms in total. The molecular weight excluding hydrogens is 296 g/mol. The van der Waals surface area contributed by atoms with Crippen LogP contribution in [-0.4, -0.2) is 49.1 Å². The van der Waals surface area contributed by atoms with Crippen LogP contribution in [0.4, 0.5) is 0 Å². The standard InChI is InChI=1S/C21H28N2O/c1-2-19-9-6-10-21(17-19)24-16-15-22-11-13-23(14-12-22)18-20-7-4-3-5-8-20/h3-10,17H,2,11-16,18H2,1H3. The summed E-state index contributed by atoms with van der Waals surface area (Å²) in [7, 11) is 0. The van der Waals surface area contributed by atoms with Crippen molar-refractivity contribution in [1.82, 2.24) is 9.80 Å². The Morgan fingerprint density at radius 2 is 1.54 bits per heavy atom. The van der Waals surface area contributed by atoms with Crippen LogP contribution in [0.25, 0.3) is 0 Å². The van der Waals surface area contributed by atoms with Crippen molar-refractivity contribution in [3.63, 3.8) is 0 Å². The van der Waals surface area contributed by atoms with Crippen LogP contribution in [0, 0.1) is 0 Å². The highest BCUT2D eigenvalue weighted by Crippen LogP contribution is 2.14. The second-order valence-electron chi connectivity index (χ2n) is 6.45. The first-order valence-corrected chi connectivity index (χ1v) is 9.04. The average Bonchev–Trinajstić information content (AvgIpc) is 2.64. The molecule has 1 aliphatic heterocycles. The predicted molar refractivity (Wildman–Crippen MR) is 99.5 cm³/mol. The van der Waals surface area contributed by atoms with Crippen molar-refractivity contribution in [2.45, 2.75) is 19.9 Å². The molecule has 1 saturated heterocycles. The lowest BCUT2D eigenvalue weighted by Crippen LogP contribution is -2.47. The van der Waals surface area contributed by atoms with Gasteiger partial charge >= 0.3 is 0 Å². The van der Waals surface area contributed by atoms with E-state index in [4.69, 9.17) is 4.74 Å². The van der Waals surface area contributed by atoms with Gasteiger partial charge in [-0.3, -0.25) is 9.80 Å². The summed E-state index contributed by atoms with van der Waals surface area (Å²) in [4.78, 5) is 5.04. The van der Waals surface area contributed by atoms with E-state index < -0.39 is 0 Å². The number of hydrogen-bond acceptors (Lipinski definition) is 3. The largest absolute Gasteiger partial charge is 0.492 e. The molecule has 0 unspecified atom stereocenters. The maximum absolute atomic E-state index is 5.92. The molecule has 0 spiro atoms. The van der Waals surface area contributed by atoms with E-state index in [1.807, 2.05) is 0 Å². The third kappa shape index (κ3) is 5.08. The van der Waals surface area contributed by atoms with E-state index in [9.17, 15) is 0 Å². The molecule has 0 atom stereocenters. The van der Waals surface area contributed by atoms with Gasteiger partial charge in [0, 0.05) is 39.3 Å². The van der Waals surface area contributed by atoms with Crippen LogP contribution in [0.3, 0.4) is 0 Å². The number of piperazine rings is 1. The molecule has 0 saturated carbocycles. The summed E-state index contributed by atoms with van der Waals surface area (Å²) in [6.45, 7) is 9.56. The highest BCUT2D eigenvalue weighted by Gasteiger charge is 2.16. The highest BCUT2D eigenvalue weighted by atomic mass is 16.5. The topological polar surface area (TPSA) is 15.7 Å². The number of rotatable bonds is 7. The average molecular weight is 324 g/mol. The van der Waals surface area contributed by atoms with Crippen molar-refractivity contribution in [3.8, 4) is 5.75 Å². The fraction of sp³-hybridized carbons (Fsp3) is 0.429. The van der Waals surface area contributed by atoms with E-state index >= 15 is 0 Å². The van der Waals surface area contributed by atoms with Crippen LogP contribution < -0.4 is 4.74 Å². The van der Waals surface area contributed by atoms with E-state index in [1.54, 1.807) is 0 Å². The lowest BCUT2D eigenvalue weighted by molar-refractivity contribution is 0.112. The minimum Gasteiger partial charge on any atom is -0.492 e. The molecule has 0 aliphatic carbocycles. The van der Waals surface area contributed by atoms with Gasteiger partial charge in [0.05, 0.1) is 0 Å². The molecule has 3 rings (SSSR count). The van der Waals surface area contributed by atoms with Crippen molar-refractivity contribution in [2.75, 3.05) is 39.3 Å². The summed E-state index contributed by atoms with van der Waals surface area (Å²) in [6, 6.07) is 19.2. The second-order valence-corrected chi connectivity index (χ2v) is 6.45.